The smallest absolute Gasteiger partial charge is 0.326 e. The van der Waals surface area contributed by atoms with Crippen molar-refractivity contribution >= 4 is 29.0 Å². The van der Waals surface area contributed by atoms with Crippen molar-refractivity contribution in [2.75, 3.05) is 5.32 Å². The van der Waals surface area contributed by atoms with E-state index in [9.17, 15) is 9.90 Å². The molecule has 0 saturated heterocycles. The Kier molecular flexibility index (Phi) is 3.90. The summed E-state index contributed by atoms with van der Waals surface area (Å²) < 4.78 is 1.56. The first-order valence-electron chi connectivity index (χ1n) is 8.60. The molecule has 0 aliphatic heterocycles. The summed E-state index contributed by atoms with van der Waals surface area (Å²) in [5.74, 6) is 0.160. The maximum Gasteiger partial charge on any atom is 0.326 e. The standard InChI is InChI=1S/C16H15N9O2S/c26-13-10(21-16(27)23-13)5-8-6-19-25-12(8)22-14(18-7-11-17-3-4-28-11)24-15(25)20-9-1-2-9/h3-6,9,26H,1-2,7H2,(H,18,20,24)(H2,21,23,27). The summed E-state index contributed by atoms with van der Waals surface area (Å²) in [5.41, 5.74) is 0.722. The number of nitrogens with one attached hydrogen (secondary N) is 3. The number of hydrogen-bond acceptors (Lipinski definition) is 9. The van der Waals surface area contributed by atoms with Gasteiger partial charge >= 0.3 is 5.69 Å². The van der Waals surface area contributed by atoms with E-state index >= 15 is 0 Å². The average molecular weight is 397 g/mol. The predicted molar refractivity (Wildman–Crippen MR) is 101 cm³/mol. The van der Waals surface area contributed by atoms with Crippen LogP contribution in [0.3, 0.4) is 0 Å². The molecule has 12 heteroatoms. The van der Waals surface area contributed by atoms with Gasteiger partial charge in [-0.1, -0.05) is 0 Å². The fourth-order valence-corrected chi connectivity index (χ4v) is 3.21. The lowest BCUT2D eigenvalue weighted by molar-refractivity contribution is 0.454. The topological polar surface area (TPSA) is 149 Å². The van der Waals surface area contributed by atoms with Gasteiger partial charge < -0.3 is 15.4 Å². The van der Waals surface area contributed by atoms with E-state index in [0.29, 0.717) is 29.0 Å². The second-order valence-corrected chi connectivity index (χ2v) is 7.29. The Morgan fingerprint density at radius 1 is 1.39 bits per heavy atom. The molecule has 5 rings (SSSR count). The number of aromatic hydroxyl groups is 1. The van der Waals surface area contributed by atoms with E-state index in [-0.39, 0.29) is 17.6 Å². The summed E-state index contributed by atoms with van der Waals surface area (Å²) in [6.45, 7) is 0.496. The molecular weight excluding hydrogens is 382 g/mol. The molecule has 0 radical (unpaired) electrons. The molecule has 11 nitrogen and oxygen atoms in total. The molecule has 1 saturated carbocycles. The van der Waals surface area contributed by atoms with Gasteiger partial charge in [0.2, 0.25) is 11.8 Å². The molecule has 0 amide bonds. The van der Waals surface area contributed by atoms with Crippen LogP contribution in [-0.2, 0) is 6.54 Å². The van der Waals surface area contributed by atoms with Gasteiger partial charge in [-0.05, 0) is 18.9 Å². The fourth-order valence-electron chi connectivity index (χ4n) is 2.65. The largest absolute Gasteiger partial charge is 0.493 e. The van der Waals surface area contributed by atoms with Crippen LogP contribution >= 0.6 is 11.3 Å². The molecule has 4 aromatic heterocycles. The van der Waals surface area contributed by atoms with Crippen LogP contribution in [0.2, 0.25) is 0 Å². The highest BCUT2D eigenvalue weighted by molar-refractivity contribution is 7.09. The van der Waals surface area contributed by atoms with Gasteiger partial charge in [0.25, 0.3) is 5.62 Å². The Morgan fingerprint density at radius 2 is 2.29 bits per heavy atom. The van der Waals surface area contributed by atoms with Gasteiger partial charge in [0.15, 0.2) is 5.65 Å². The van der Waals surface area contributed by atoms with Crippen LogP contribution in [-0.4, -0.2) is 45.7 Å². The average Bonchev–Trinajstić information content (AvgIpc) is 3.05. The van der Waals surface area contributed by atoms with E-state index in [2.05, 4.69) is 40.3 Å². The molecule has 0 aromatic carbocycles. The van der Waals surface area contributed by atoms with Crippen LogP contribution in [0.25, 0.3) is 11.7 Å². The van der Waals surface area contributed by atoms with Gasteiger partial charge in [0.05, 0.1) is 18.8 Å². The number of rotatable bonds is 5. The summed E-state index contributed by atoms with van der Waals surface area (Å²) in [6.07, 6.45) is 6.99. The number of aromatic amines is 2. The van der Waals surface area contributed by atoms with E-state index in [0.717, 1.165) is 17.8 Å². The lowest BCUT2D eigenvalue weighted by Gasteiger charge is -2.03. The molecular formula is C16H15N9O2S. The SMILES string of the molecule is O=c1[nH]c(O)c(C=c2cnn3c(=NC4CC4)nc(NCc4nccs4)nc23)[nH]1. The predicted octanol–water partition coefficient (Wildman–Crippen LogP) is -0.474. The quantitative estimate of drug-likeness (QED) is 0.355. The highest BCUT2D eigenvalue weighted by atomic mass is 32.1. The van der Waals surface area contributed by atoms with Gasteiger partial charge in [-0.25, -0.2) is 14.8 Å². The van der Waals surface area contributed by atoms with Gasteiger partial charge in [0.1, 0.15) is 10.7 Å². The first-order chi connectivity index (χ1) is 13.7. The number of fused-ring (bicyclic) bond motifs is 1. The highest BCUT2D eigenvalue weighted by Crippen LogP contribution is 2.22. The number of imidazole rings is 1. The van der Waals surface area contributed by atoms with Gasteiger partial charge in [-0.15, -0.1) is 11.3 Å². The molecule has 4 aromatic rings. The van der Waals surface area contributed by atoms with Crippen molar-refractivity contribution < 1.29 is 5.11 Å². The third-order valence-electron chi connectivity index (χ3n) is 4.14. The first kappa shape index (κ1) is 16.6. The van der Waals surface area contributed by atoms with Crippen molar-refractivity contribution in [1.29, 1.82) is 0 Å². The van der Waals surface area contributed by atoms with Gasteiger partial charge in [-0.3, -0.25) is 4.98 Å². The molecule has 1 aliphatic rings. The number of nitrogens with zero attached hydrogens (tertiary/aromatic N) is 6. The second kappa shape index (κ2) is 6.56. The molecule has 0 unspecified atom stereocenters. The van der Waals surface area contributed by atoms with E-state index < -0.39 is 5.69 Å². The molecule has 28 heavy (non-hydrogen) atoms. The minimum atomic E-state index is -0.495. The highest BCUT2D eigenvalue weighted by Gasteiger charge is 2.21. The van der Waals surface area contributed by atoms with E-state index in [1.165, 1.54) is 11.3 Å². The number of thiazole rings is 1. The first-order valence-corrected chi connectivity index (χ1v) is 9.48. The summed E-state index contributed by atoms with van der Waals surface area (Å²) in [6, 6.07) is 0.256. The Hall–Kier alpha value is -3.54. The Labute approximate surface area is 160 Å². The fraction of sp³-hybridized carbons (Fsp3) is 0.250. The monoisotopic (exact) mass is 397 g/mol. The molecule has 1 fully saturated rings. The second-order valence-electron chi connectivity index (χ2n) is 6.31. The van der Waals surface area contributed by atoms with Crippen LogP contribution in [0, 0.1) is 0 Å². The van der Waals surface area contributed by atoms with Crippen molar-refractivity contribution in [3.63, 3.8) is 0 Å². The zero-order chi connectivity index (χ0) is 19.1. The van der Waals surface area contributed by atoms with Crippen LogP contribution in [0.15, 0.2) is 27.6 Å². The minimum absolute atomic E-state index is 0.247. The van der Waals surface area contributed by atoms with Crippen LogP contribution < -0.4 is 21.8 Å². The van der Waals surface area contributed by atoms with Gasteiger partial charge in [0, 0.05) is 16.8 Å². The molecule has 0 bridgehead atoms. The van der Waals surface area contributed by atoms with Crippen LogP contribution in [0.5, 0.6) is 5.88 Å². The summed E-state index contributed by atoms with van der Waals surface area (Å²) in [4.78, 5) is 34.0. The van der Waals surface area contributed by atoms with E-state index in [4.69, 9.17) is 0 Å². The number of anilines is 1. The molecule has 1 aliphatic carbocycles. The van der Waals surface area contributed by atoms with Gasteiger partial charge in [-0.2, -0.15) is 19.6 Å². The molecule has 4 N–H and O–H groups in total. The van der Waals surface area contributed by atoms with Crippen LogP contribution in [0.4, 0.5) is 5.95 Å². The summed E-state index contributed by atoms with van der Waals surface area (Å²) >= 11 is 1.54. The lowest BCUT2D eigenvalue weighted by atomic mass is 10.3. The maximum absolute atomic E-state index is 11.4. The lowest BCUT2D eigenvalue weighted by Crippen LogP contribution is -2.24. The molecule has 4 heterocycles. The van der Waals surface area contributed by atoms with Crippen molar-refractivity contribution in [1.82, 2.24) is 34.5 Å². The summed E-state index contributed by atoms with van der Waals surface area (Å²) in [5, 5.41) is 20.7. The Bertz CT molecular complexity index is 1310. The molecule has 0 spiro atoms. The van der Waals surface area contributed by atoms with Crippen molar-refractivity contribution in [2.45, 2.75) is 25.4 Å². The van der Waals surface area contributed by atoms with E-state index in [1.54, 1.807) is 23.0 Å². The third kappa shape index (κ3) is 3.24. The number of hydrogen-bond donors (Lipinski definition) is 4. The normalized spacial score (nSPS) is 15.6. The Balaban J connectivity index is 1.63. The van der Waals surface area contributed by atoms with Crippen molar-refractivity contribution in [3.8, 4) is 5.88 Å². The van der Waals surface area contributed by atoms with Crippen molar-refractivity contribution in [2.24, 2.45) is 4.99 Å². The van der Waals surface area contributed by atoms with Crippen molar-refractivity contribution in [3.05, 3.63) is 49.8 Å². The van der Waals surface area contributed by atoms with E-state index in [1.807, 2.05) is 5.38 Å². The van der Waals surface area contributed by atoms with Crippen LogP contribution in [0.1, 0.15) is 23.5 Å². The molecule has 0 atom stereocenters. The number of H-pyrrole nitrogens is 2. The third-order valence-corrected chi connectivity index (χ3v) is 4.92. The summed E-state index contributed by atoms with van der Waals surface area (Å²) in [7, 11) is 0. The minimum Gasteiger partial charge on any atom is -0.493 e. The Morgan fingerprint density at radius 3 is 3.00 bits per heavy atom. The zero-order valence-corrected chi connectivity index (χ0v) is 15.3. The molecule has 142 valence electrons. The zero-order valence-electron chi connectivity index (χ0n) is 14.5. The maximum atomic E-state index is 11.4. The number of aromatic nitrogens is 7.